The zero-order valence-electron chi connectivity index (χ0n) is 26.8. The lowest BCUT2D eigenvalue weighted by Gasteiger charge is -2.26. The number of hydrogen-bond acceptors (Lipinski definition) is 4. The van der Waals surface area contributed by atoms with Crippen LogP contribution in [0.15, 0.2) is 168 Å². The molecule has 3 heterocycles. The highest BCUT2D eigenvalue weighted by Crippen LogP contribution is 2.48. The van der Waals surface area contributed by atoms with Crippen LogP contribution in [0.5, 0.6) is 0 Å². The zero-order chi connectivity index (χ0) is 32.8. The minimum absolute atomic E-state index is 0.884. The zero-order valence-corrected chi connectivity index (χ0v) is 28.4. The highest BCUT2D eigenvalue weighted by Gasteiger charge is 2.23. The molecular weight excluding hydrogens is 647 g/mol. The van der Waals surface area contributed by atoms with Gasteiger partial charge in [0.15, 0.2) is 5.58 Å². The lowest BCUT2D eigenvalue weighted by molar-refractivity contribution is 0.673. The largest absolute Gasteiger partial charge is 0.453 e. The second-order valence-electron chi connectivity index (χ2n) is 12.9. The molecule has 0 radical (unpaired) electrons. The van der Waals surface area contributed by atoms with Gasteiger partial charge in [-0.3, -0.25) is 0 Å². The summed E-state index contributed by atoms with van der Waals surface area (Å²) in [5, 5.41) is 9.71. The topological polar surface area (TPSA) is 16.4 Å². The van der Waals surface area contributed by atoms with Crippen molar-refractivity contribution < 1.29 is 4.42 Å². The van der Waals surface area contributed by atoms with E-state index < -0.39 is 0 Å². The summed E-state index contributed by atoms with van der Waals surface area (Å²) in [5.41, 5.74) is 7.46. The van der Waals surface area contributed by atoms with Crippen LogP contribution >= 0.6 is 22.7 Å². The summed E-state index contributed by atoms with van der Waals surface area (Å²) in [4.78, 5) is 2.40. The van der Waals surface area contributed by atoms with Crippen molar-refractivity contribution in [1.29, 1.82) is 0 Å². The van der Waals surface area contributed by atoms with Crippen LogP contribution in [-0.4, -0.2) is 0 Å². The Hall–Kier alpha value is -5.94. The highest BCUT2D eigenvalue weighted by atomic mass is 32.1. The molecule has 8 aromatic carbocycles. The molecular formula is C46H27NOS2. The maximum atomic E-state index is 6.93. The Morgan fingerprint density at radius 3 is 1.88 bits per heavy atom. The van der Waals surface area contributed by atoms with Crippen molar-refractivity contribution in [2.75, 3.05) is 4.90 Å². The van der Waals surface area contributed by atoms with Crippen molar-refractivity contribution in [1.82, 2.24) is 0 Å². The minimum atomic E-state index is 0.884. The van der Waals surface area contributed by atoms with Crippen LogP contribution in [0.1, 0.15) is 0 Å². The molecule has 234 valence electrons. The second kappa shape index (κ2) is 10.8. The number of nitrogens with zero attached hydrogens (tertiary/aromatic N) is 1. The van der Waals surface area contributed by atoms with Gasteiger partial charge >= 0.3 is 0 Å². The molecule has 0 unspecified atom stereocenters. The first-order chi connectivity index (χ1) is 24.8. The molecule has 11 aromatic rings. The van der Waals surface area contributed by atoms with Crippen LogP contribution in [0.4, 0.5) is 17.1 Å². The summed E-state index contributed by atoms with van der Waals surface area (Å²) in [6, 6.07) is 59.4. The van der Waals surface area contributed by atoms with E-state index in [1.165, 1.54) is 56.9 Å². The average molecular weight is 674 g/mol. The molecule has 0 bridgehead atoms. The van der Waals surface area contributed by atoms with Crippen LogP contribution in [0.3, 0.4) is 0 Å². The quantitative estimate of drug-likeness (QED) is 0.185. The van der Waals surface area contributed by atoms with Gasteiger partial charge in [-0.2, -0.15) is 0 Å². The average Bonchev–Trinajstić information content (AvgIpc) is 3.87. The van der Waals surface area contributed by atoms with Crippen LogP contribution in [0.25, 0.3) is 84.2 Å². The lowest BCUT2D eigenvalue weighted by Crippen LogP contribution is -2.10. The Labute approximate surface area is 295 Å². The maximum absolute atomic E-state index is 6.93. The molecule has 3 aromatic heterocycles. The van der Waals surface area contributed by atoms with E-state index in [0.717, 1.165) is 44.4 Å². The standard InChI is InChI=1S/C46H27NOS2/c1-2-10-32-29(9-1)21-25-35-34-13-7-15-39(46(34)48-45(32)35)47(38-14-8-18-43-44(38)36-12-4-6-17-41(36)50-43)31-23-19-28(20-24-31)30-22-26-42-37(27-30)33-11-3-5-16-40(33)49-42/h1-27H. The Morgan fingerprint density at radius 1 is 0.380 bits per heavy atom. The van der Waals surface area contributed by atoms with Gasteiger partial charge in [-0.25, -0.2) is 0 Å². The summed E-state index contributed by atoms with van der Waals surface area (Å²) < 4.78 is 12.1. The van der Waals surface area contributed by atoms with E-state index >= 15 is 0 Å². The van der Waals surface area contributed by atoms with E-state index in [0.29, 0.717) is 0 Å². The van der Waals surface area contributed by atoms with Crippen molar-refractivity contribution in [3.8, 4) is 11.1 Å². The van der Waals surface area contributed by atoms with Gasteiger partial charge in [-0.1, -0.05) is 103 Å². The third-order valence-corrected chi connectivity index (χ3v) is 12.4. The molecule has 50 heavy (non-hydrogen) atoms. The molecule has 0 saturated heterocycles. The smallest absolute Gasteiger partial charge is 0.159 e. The number of hydrogen-bond donors (Lipinski definition) is 0. The van der Waals surface area contributed by atoms with Gasteiger partial charge in [0.2, 0.25) is 0 Å². The normalized spacial score (nSPS) is 12.0. The van der Waals surface area contributed by atoms with Crippen molar-refractivity contribution in [2.24, 2.45) is 0 Å². The van der Waals surface area contributed by atoms with Gasteiger partial charge in [-0.05, 0) is 77.2 Å². The van der Waals surface area contributed by atoms with Crippen molar-refractivity contribution >= 4 is 113 Å². The molecule has 0 N–H and O–H groups in total. The van der Waals surface area contributed by atoms with Crippen LogP contribution in [-0.2, 0) is 0 Å². The van der Waals surface area contributed by atoms with E-state index in [4.69, 9.17) is 4.42 Å². The Balaban J connectivity index is 1.14. The lowest BCUT2D eigenvalue weighted by atomic mass is 10.0. The number of thiophene rings is 2. The third kappa shape index (κ3) is 4.13. The van der Waals surface area contributed by atoms with Gasteiger partial charge in [0, 0.05) is 62.2 Å². The van der Waals surface area contributed by atoms with E-state index in [-0.39, 0.29) is 0 Å². The van der Waals surface area contributed by atoms with Crippen LogP contribution in [0, 0.1) is 0 Å². The monoisotopic (exact) mass is 673 g/mol. The molecule has 0 fully saturated rings. The first kappa shape index (κ1) is 28.0. The Morgan fingerprint density at radius 2 is 1.00 bits per heavy atom. The molecule has 0 spiro atoms. The van der Waals surface area contributed by atoms with Crippen LogP contribution in [0.2, 0.25) is 0 Å². The number of furan rings is 1. The molecule has 0 aliphatic heterocycles. The summed E-state index contributed by atoms with van der Waals surface area (Å²) in [5.74, 6) is 0. The maximum Gasteiger partial charge on any atom is 0.159 e. The van der Waals surface area contributed by atoms with Gasteiger partial charge in [-0.15, -0.1) is 22.7 Å². The molecule has 4 heteroatoms. The molecule has 0 amide bonds. The van der Waals surface area contributed by atoms with Crippen molar-refractivity contribution in [3.63, 3.8) is 0 Å². The predicted octanol–water partition coefficient (Wildman–Crippen LogP) is 14.6. The number of benzene rings is 8. The molecule has 0 aliphatic carbocycles. The van der Waals surface area contributed by atoms with Gasteiger partial charge in [0.05, 0.1) is 11.4 Å². The summed E-state index contributed by atoms with van der Waals surface area (Å²) in [6.45, 7) is 0. The molecule has 2 nitrogen and oxygen atoms in total. The SMILES string of the molecule is c1ccc2c(c1)ccc1c3cccc(N(c4ccc(-c5ccc6sc7ccccc7c6c5)cc4)c4cccc5sc6ccccc6c45)c3oc21. The fourth-order valence-electron chi connectivity index (χ4n) is 7.75. The van der Waals surface area contributed by atoms with Gasteiger partial charge in [0.1, 0.15) is 5.58 Å². The molecule has 0 saturated carbocycles. The second-order valence-corrected chi connectivity index (χ2v) is 15.0. The van der Waals surface area contributed by atoms with Crippen molar-refractivity contribution in [3.05, 3.63) is 164 Å². The summed E-state index contributed by atoms with van der Waals surface area (Å²) >= 11 is 3.70. The number of fused-ring (bicyclic) bond motifs is 11. The van der Waals surface area contributed by atoms with Crippen LogP contribution < -0.4 is 4.90 Å². The Bertz CT molecular complexity index is 3110. The van der Waals surface area contributed by atoms with Gasteiger partial charge in [0.25, 0.3) is 0 Å². The third-order valence-electron chi connectivity index (χ3n) is 10.1. The summed E-state index contributed by atoms with van der Waals surface area (Å²) in [6.07, 6.45) is 0. The highest BCUT2D eigenvalue weighted by molar-refractivity contribution is 7.26. The first-order valence-corrected chi connectivity index (χ1v) is 18.5. The number of rotatable bonds is 4. The minimum Gasteiger partial charge on any atom is -0.453 e. The molecule has 0 aliphatic rings. The molecule has 0 atom stereocenters. The first-order valence-electron chi connectivity index (χ1n) is 16.8. The summed E-state index contributed by atoms with van der Waals surface area (Å²) in [7, 11) is 0. The van der Waals surface area contributed by atoms with Crippen molar-refractivity contribution in [2.45, 2.75) is 0 Å². The fourth-order valence-corrected chi connectivity index (χ4v) is 9.96. The van der Waals surface area contributed by atoms with Gasteiger partial charge < -0.3 is 9.32 Å². The van der Waals surface area contributed by atoms with E-state index in [1.807, 2.05) is 22.7 Å². The van der Waals surface area contributed by atoms with E-state index in [2.05, 4.69) is 169 Å². The number of anilines is 3. The fraction of sp³-hybridized carbons (Fsp3) is 0. The number of para-hydroxylation sites is 1. The molecule has 11 rings (SSSR count). The predicted molar refractivity (Wildman–Crippen MR) is 217 cm³/mol. The Kier molecular flexibility index (Phi) is 6.03. The van der Waals surface area contributed by atoms with E-state index in [1.54, 1.807) is 0 Å². The van der Waals surface area contributed by atoms with E-state index in [9.17, 15) is 0 Å².